The maximum atomic E-state index is 11.5. The van der Waals surface area contributed by atoms with Crippen molar-refractivity contribution in [1.29, 1.82) is 5.26 Å². The second kappa shape index (κ2) is 5.08. The van der Waals surface area contributed by atoms with E-state index in [-0.39, 0.29) is 17.7 Å². The van der Waals surface area contributed by atoms with Gasteiger partial charge in [0.1, 0.15) is 12.4 Å². The summed E-state index contributed by atoms with van der Waals surface area (Å²) in [5.74, 6) is -0.542. The molecule has 0 radical (unpaired) electrons. The summed E-state index contributed by atoms with van der Waals surface area (Å²) in [5, 5.41) is 8.96. The van der Waals surface area contributed by atoms with Gasteiger partial charge >= 0.3 is 5.97 Å². The maximum Gasteiger partial charge on any atom is 0.339 e. The predicted octanol–water partition coefficient (Wildman–Crippen LogP) is 1.86. The average Bonchev–Trinajstić information content (AvgIpc) is 2.28. The largest absolute Gasteiger partial charge is 0.462 e. The number of nitrogens with zero attached hydrogens (tertiary/aromatic N) is 1. The number of hydrogen-bond acceptors (Lipinski definition) is 4. The Balaban J connectivity index is 3.32. The zero-order valence-electron chi connectivity index (χ0n) is 9.11. The van der Waals surface area contributed by atoms with Crippen LogP contribution in [0.5, 0.6) is 0 Å². The second-order valence-corrected chi connectivity index (χ2v) is 3.15. The molecule has 0 atom stereocenters. The second-order valence-electron chi connectivity index (χ2n) is 3.15. The first-order valence-corrected chi connectivity index (χ1v) is 4.81. The van der Waals surface area contributed by atoms with Crippen molar-refractivity contribution >= 4 is 12.3 Å². The highest BCUT2D eigenvalue weighted by Crippen LogP contribution is 2.17. The Hall–Kier alpha value is -2.15. The predicted molar refractivity (Wildman–Crippen MR) is 57.2 cm³/mol. The fraction of sp³-hybridized carbons (Fsp3) is 0.250. The molecule has 0 aliphatic carbocycles. The van der Waals surface area contributed by atoms with Crippen molar-refractivity contribution in [3.8, 4) is 6.07 Å². The van der Waals surface area contributed by atoms with Crippen LogP contribution in [0.15, 0.2) is 12.1 Å². The number of ether oxygens (including phenoxy) is 1. The highest BCUT2D eigenvalue weighted by Gasteiger charge is 2.16. The van der Waals surface area contributed by atoms with Crippen molar-refractivity contribution in [2.45, 2.75) is 13.8 Å². The van der Waals surface area contributed by atoms with Crippen LogP contribution in [-0.2, 0) is 4.74 Å². The molecule has 4 nitrogen and oxygen atoms in total. The van der Waals surface area contributed by atoms with Crippen LogP contribution in [0.25, 0.3) is 0 Å². The van der Waals surface area contributed by atoms with Crippen molar-refractivity contribution in [3.63, 3.8) is 0 Å². The molecule has 0 saturated heterocycles. The Morgan fingerprint density at radius 3 is 2.75 bits per heavy atom. The van der Waals surface area contributed by atoms with Crippen LogP contribution in [0.3, 0.4) is 0 Å². The van der Waals surface area contributed by atoms with Crippen LogP contribution in [0.1, 0.15) is 38.8 Å². The maximum absolute atomic E-state index is 11.5. The topological polar surface area (TPSA) is 67.2 Å². The number of carbonyl (C=O) groups excluding carboxylic acids is 2. The number of rotatable bonds is 3. The SMILES string of the molecule is CCOC(=O)c1ccc(C=O)c(C)c1C#N. The van der Waals surface area contributed by atoms with E-state index in [1.165, 1.54) is 12.1 Å². The summed E-state index contributed by atoms with van der Waals surface area (Å²) in [4.78, 5) is 22.2. The number of benzene rings is 1. The van der Waals surface area contributed by atoms with E-state index < -0.39 is 5.97 Å². The molecular formula is C12H11NO3. The lowest BCUT2D eigenvalue weighted by Gasteiger charge is -2.07. The molecule has 0 saturated carbocycles. The molecule has 4 heteroatoms. The molecule has 0 heterocycles. The van der Waals surface area contributed by atoms with Crippen LogP contribution in [0.4, 0.5) is 0 Å². The van der Waals surface area contributed by atoms with Gasteiger partial charge in [-0.25, -0.2) is 4.79 Å². The van der Waals surface area contributed by atoms with E-state index in [0.717, 1.165) is 0 Å². The summed E-state index contributed by atoms with van der Waals surface area (Å²) in [6.07, 6.45) is 0.658. The Morgan fingerprint density at radius 1 is 1.56 bits per heavy atom. The van der Waals surface area contributed by atoms with Crippen molar-refractivity contribution in [1.82, 2.24) is 0 Å². The number of hydrogen-bond donors (Lipinski definition) is 0. The summed E-state index contributed by atoms with van der Waals surface area (Å²) < 4.78 is 4.82. The Kier molecular flexibility index (Phi) is 3.78. The monoisotopic (exact) mass is 217 g/mol. The fourth-order valence-corrected chi connectivity index (χ4v) is 1.38. The van der Waals surface area contributed by atoms with Gasteiger partial charge in [-0.15, -0.1) is 0 Å². The smallest absolute Gasteiger partial charge is 0.339 e. The molecule has 0 spiro atoms. The van der Waals surface area contributed by atoms with Crippen molar-refractivity contribution in [3.05, 3.63) is 34.4 Å². The van der Waals surface area contributed by atoms with Gasteiger partial charge in [-0.1, -0.05) is 6.07 Å². The molecule has 16 heavy (non-hydrogen) atoms. The molecule has 0 fully saturated rings. The molecular weight excluding hydrogens is 206 g/mol. The third-order valence-corrected chi connectivity index (χ3v) is 2.24. The minimum absolute atomic E-state index is 0.197. The molecule has 0 aliphatic rings. The normalized spacial score (nSPS) is 9.31. The third-order valence-electron chi connectivity index (χ3n) is 2.24. The van der Waals surface area contributed by atoms with Crippen molar-refractivity contribution < 1.29 is 14.3 Å². The van der Waals surface area contributed by atoms with Crippen LogP contribution in [-0.4, -0.2) is 18.9 Å². The number of esters is 1. The molecule has 1 aromatic rings. The van der Waals surface area contributed by atoms with E-state index in [9.17, 15) is 9.59 Å². The quantitative estimate of drug-likeness (QED) is 0.572. The highest BCUT2D eigenvalue weighted by molar-refractivity contribution is 5.94. The number of aldehydes is 1. The summed E-state index contributed by atoms with van der Waals surface area (Å²) in [6.45, 7) is 3.57. The van der Waals surface area contributed by atoms with Gasteiger partial charge in [-0.3, -0.25) is 4.79 Å². The number of nitriles is 1. The first-order valence-electron chi connectivity index (χ1n) is 4.81. The zero-order valence-corrected chi connectivity index (χ0v) is 9.11. The first-order chi connectivity index (χ1) is 7.65. The molecule has 0 aliphatic heterocycles. The van der Waals surface area contributed by atoms with Gasteiger partial charge in [0.2, 0.25) is 0 Å². The summed E-state index contributed by atoms with van der Waals surface area (Å²) in [5.41, 5.74) is 1.31. The molecule has 0 bridgehead atoms. The van der Waals surface area contributed by atoms with Gasteiger partial charge in [0.05, 0.1) is 17.7 Å². The molecule has 1 rings (SSSR count). The molecule has 82 valence electrons. The van der Waals surface area contributed by atoms with Crippen LogP contribution >= 0.6 is 0 Å². The van der Waals surface area contributed by atoms with Crippen LogP contribution in [0.2, 0.25) is 0 Å². The molecule has 1 aromatic carbocycles. The third kappa shape index (κ3) is 2.09. The number of carbonyl (C=O) groups is 2. The van der Waals surface area contributed by atoms with Gasteiger partial charge < -0.3 is 4.74 Å². The first kappa shape index (κ1) is 11.9. The van der Waals surface area contributed by atoms with Crippen LogP contribution in [0, 0.1) is 18.3 Å². The van der Waals surface area contributed by atoms with Gasteiger partial charge in [0.15, 0.2) is 0 Å². The van der Waals surface area contributed by atoms with Gasteiger partial charge in [0, 0.05) is 5.56 Å². The summed E-state index contributed by atoms with van der Waals surface area (Å²) >= 11 is 0. The van der Waals surface area contributed by atoms with E-state index in [0.29, 0.717) is 17.4 Å². The molecule has 0 unspecified atom stereocenters. The van der Waals surface area contributed by atoms with E-state index in [4.69, 9.17) is 10.00 Å². The van der Waals surface area contributed by atoms with Gasteiger partial charge in [-0.2, -0.15) is 5.26 Å². The highest BCUT2D eigenvalue weighted by atomic mass is 16.5. The minimum atomic E-state index is -0.542. The lowest BCUT2D eigenvalue weighted by Crippen LogP contribution is -2.09. The van der Waals surface area contributed by atoms with Crippen LogP contribution < -0.4 is 0 Å². The van der Waals surface area contributed by atoms with E-state index >= 15 is 0 Å². The van der Waals surface area contributed by atoms with Crippen molar-refractivity contribution in [2.75, 3.05) is 6.61 Å². The molecule has 0 aromatic heterocycles. The van der Waals surface area contributed by atoms with E-state index in [1.807, 2.05) is 6.07 Å². The van der Waals surface area contributed by atoms with Gasteiger partial charge in [0.25, 0.3) is 0 Å². The zero-order chi connectivity index (χ0) is 12.1. The average molecular weight is 217 g/mol. The minimum Gasteiger partial charge on any atom is -0.462 e. The molecule has 0 N–H and O–H groups in total. The Morgan fingerprint density at radius 2 is 2.25 bits per heavy atom. The summed E-state index contributed by atoms with van der Waals surface area (Å²) in [7, 11) is 0. The fourth-order valence-electron chi connectivity index (χ4n) is 1.38. The Labute approximate surface area is 93.5 Å². The summed E-state index contributed by atoms with van der Waals surface area (Å²) in [6, 6.07) is 4.87. The van der Waals surface area contributed by atoms with E-state index in [2.05, 4.69) is 0 Å². The molecule has 0 amide bonds. The Bertz CT molecular complexity index is 472. The lowest BCUT2D eigenvalue weighted by atomic mass is 9.98. The van der Waals surface area contributed by atoms with Gasteiger partial charge in [-0.05, 0) is 25.5 Å². The van der Waals surface area contributed by atoms with Crippen molar-refractivity contribution in [2.24, 2.45) is 0 Å². The lowest BCUT2D eigenvalue weighted by molar-refractivity contribution is 0.0525. The standard InChI is InChI=1S/C12H11NO3/c1-3-16-12(15)10-5-4-9(7-14)8(2)11(10)6-13/h4-5,7H,3H2,1-2H3. The van der Waals surface area contributed by atoms with E-state index in [1.54, 1.807) is 13.8 Å².